The van der Waals surface area contributed by atoms with Gasteiger partial charge in [-0.1, -0.05) is 11.3 Å². The summed E-state index contributed by atoms with van der Waals surface area (Å²) in [6.45, 7) is 3.78. The Hall–Kier alpha value is -0.890. The molecule has 1 nitrogen and oxygen atoms in total. The van der Waals surface area contributed by atoms with Gasteiger partial charge < -0.3 is 0 Å². The number of fused-ring (bicyclic) bond motifs is 1. The molecule has 0 aromatic carbocycles. The normalized spacial score (nSPS) is 14.4. The zero-order valence-electron chi connectivity index (χ0n) is 4.85. The van der Waals surface area contributed by atoms with Crippen molar-refractivity contribution in [1.29, 1.82) is 0 Å². The van der Waals surface area contributed by atoms with Gasteiger partial charge in [0.25, 0.3) is 4.67 Å². The summed E-state index contributed by atoms with van der Waals surface area (Å²) in [6.07, 6.45) is 2.05. The Balaban J connectivity index is 3.01. The van der Waals surface area contributed by atoms with Gasteiger partial charge in [0.05, 0.1) is 5.22 Å². The highest BCUT2D eigenvalue weighted by Crippen LogP contribution is 1.82. The van der Waals surface area contributed by atoms with Crippen molar-refractivity contribution in [2.24, 2.45) is 0 Å². The molecule has 0 unspecified atom stereocenters. The summed E-state index contributed by atoms with van der Waals surface area (Å²) in [5, 5.41) is 3.34. The summed E-state index contributed by atoms with van der Waals surface area (Å²) < 4.78 is 1.22. The maximum absolute atomic E-state index is 3.78. The molecule has 0 amide bonds. The van der Waals surface area contributed by atoms with Crippen molar-refractivity contribution in [3.63, 3.8) is 0 Å². The Morgan fingerprint density at radius 3 is 3.22 bits per heavy atom. The molecule has 2 heteroatoms. The van der Waals surface area contributed by atoms with Crippen LogP contribution in [0.1, 0.15) is 0 Å². The SMILES string of the molecule is C=C1C=c2ccsc2=[NH+]1. The van der Waals surface area contributed by atoms with E-state index in [4.69, 9.17) is 0 Å². The molecule has 0 spiro atoms. The first-order chi connectivity index (χ1) is 4.36. The molecule has 44 valence electrons. The fourth-order valence-electron chi connectivity index (χ4n) is 0.904. The van der Waals surface area contributed by atoms with E-state index >= 15 is 0 Å². The molecule has 0 bridgehead atoms. The second kappa shape index (κ2) is 1.54. The Bertz CT molecular complexity index is 326. The van der Waals surface area contributed by atoms with E-state index in [0.717, 1.165) is 5.70 Å². The van der Waals surface area contributed by atoms with E-state index in [-0.39, 0.29) is 0 Å². The van der Waals surface area contributed by atoms with Crippen LogP contribution in [0.5, 0.6) is 0 Å². The highest BCUT2D eigenvalue weighted by Gasteiger charge is 2.04. The van der Waals surface area contributed by atoms with Crippen molar-refractivity contribution in [2.45, 2.75) is 0 Å². The first kappa shape index (κ1) is 4.94. The van der Waals surface area contributed by atoms with Gasteiger partial charge >= 0.3 is 0 Å². The highest BCUT2D eigenvalue weighted by atomic mass is 32.1. The molecule has 2 heterocycles. The van der Waals surface area contributed by atoms with Crippen molar-refractivity contribution in [3.8, 4) is 0 Å². The molecular formula is C7H6NS+. The molecule has 0 saturated heterocycles. The minimum absolute atomic E-state index is 0.997. The van der Waals surface area contributed by atoms with Gasteiger partial charge in [0, 0.05) is 6.08 Å². The van der Waals surface area contributed by atoms with Gasteiger partial charge in [-0.15, -0.1) is 0 Å². The monoisotopic (exact) mass is 136 g/mol. The molecule has 1 aromatic heterocycles. The van der Waals surface area contributed by atoms with Crippen LogP contribution in [0.15, 0.2) is 23.7 Å². The topological polar surface area (TPSA) is 14.0 Å². The summed E-state index contributed by atoms with van der Waals surface area (Å²) in [7, 11) is 0. The fourth-order valence-corrected chi connectivity index (χ4v) is 1.71. The number of hydrogen-bond donors (Lipinski definition) is 1. The third kappa shape index (κ3) is 0.634. The van der Waals surface area contributed by atoms with Crippen LogP contribution in [0, 0.1) is 0 Å². The maximum atomic E-state index is 3.78. The van der Waals surface area contributed by atoms with Crippen LogP contribution in [-0.2, 0) is 0 Å². The van der Waals surface area contributed by atoms with Crippen LogP contribution in [0.3, 0.4) is 0 Å². The van der Waals surface area contributed by atoms with E-state index in [1.807, 2.05) is 6.08 Å². The maximum Gasteiger partial charge on any atom is 0.267 e. The molecule has 0 fully saturated rings. The number of nitrogens with one attached hydrogen (secondary N) is 1. The van der Waals surface area contributed by atoms with Crippen LogP contribution in [-0.4, -0.2) is 0 Å². The number of rotatable bonds is 0. The van der Waals surface area contributed by atoms with Gasteiger partial charge in [0.2, 0.25) is 0 Å². The lowest BCUT2D eigenvalue weighted by Gasteiger charge is -1.66. The third-order valence-corrected chi connectivity index (χ3v) is 2.15. The van der Waals surface area contributed by atoms with E-state index in [1.165, 1.54) is 9.89 Å². The summed E-state index contributed by atoms with van der Waals surface area (Å²) >= 11 is 1.71. The van der Waals surface area contributed by atoms with Crippen LogP contribution < -0.4 is 14.9 Å². The van der Waals surface area contributed by atoms with Crippen molar-refractivity contribution in [1.82, 2.24) is 0 Å². The number of hydrogen-bond acceptors (Lipinski definition) is 1. The molecule has 0 atom stereocenters. The second-order valence-electron chi connectivity index (χ2n) is 2.00. The summed E-state index contributed by atoms with van der Waals surface area (Å²) in [4.78, 5) is 3.15. The van der Waals surface area contributed by atoms with Gasteiger partial charge in [0.15, 0.2) is 5.70 Å². The zero-order chi connectivity index (χ0) is 6.27. The average molecular weight is 136 g/mol. The van der Waals surface area contributed by atoms with Gasteiger partial charge in [-0.3, -0.25) is 0 Å². The minimum Gasteiger partial charge on any atom is -0.196 e. The van der Waals surface area contributed by atoms with Crippen LogP contribution >= 0.6 is 11.3 Å². The van der Waals surface area contributed by atoms with E-state index in [1.54, 1.807) is 11.3 Å². The van der Waals surface area contributed by atoms with Gasteiger partial charge in [0.1, 0.15) is 0 Å². The van der Waals surface area contributed by atoms with Crippen molar-refractivity contribution >= 4 is 17.4 Å². The molecule has 1 aliphatic heterocycles. The van der Waals surface area contributed by atoms with E-state index in [9.17, 15) is 0 Å². The Kier molecular flexibility index (Phi) is 0.848. The smallest absolute Gasteiger partial charge is 0.196 e. The van der Waals surface area contributed by atoms with Gasteiger partial charge in [-0.2, -0.15) is 4.99 Å². The zero-order valence-corrected chi connectivity index (χ0v) is 5.66. The Morgan fingerprint density at radius 2 is 2.44 bits per heavy atom. The quantitative estimate of drug-likeness (QED) is 0.458. The summed E-state index contributed by atoms with van der Waals surface area (Å²) in [6, 6.07) is 2.09. The molecule has 0 radical (unpaired) electrons. The molecule has 2 rings (SSSR count). The predicted molar refractivity (Wildman–Crippen MR) is 37.2 cm³/mol. The van der Waals surface area contributed by atoms with E-state index < -0.39 is 0 Å². The third-order valence-electron chi connectivity index (χ3n) is 1.30. The summed E-state index contributed by atoms with van der Waals surface area (Å²) in [5.74, 6) is 0. The minimum atomic E-state index is 0.997. The molecule has 1 aromatic rings. The standard InChI is InChI=1S/C7H5NS/c1-5-4-6-2-3-9-7(6)8-5/h2-4H,1H2/p+1. The molecular weight excluding hydrogens is 130 g/mol. The van der Waals surface area contributed by atoms with Crippen LogP contribution in [0.25, 0.3) is 6.08 Å². The first-order valence-electron chi connectivity index (χ1n) is 2.74. The highest BCUT2D eigenvalue weighted by molar-refractivity contribution is 7.07. The van der Waals surface area contributed by atoms with E-state index in [2.05, 4.69) is 23.0 Å². The van der Waals surface area contributed by atoms with Crippen molar-refractivity contribution in [2.75, 3.05) is 0 Å². The molecule has 1 aliphatic rings. The van der Waals surface area contributed by atoms with Crippen molar-refractivity contribution < 1.29 is 4.99 Å². The van der Waals surface area contributed by atoms with Crippen molar-refractivity contribution in [3.05, 3.63) is 33.6 Å². The Morgan fingerprint density at radius 1 is 1.56 bits per heavy atom. The Labute approximate surface area is 56.7 Å². The van der Waals surface area contributed by atoms with Crippen LogP contribution in [0.2, 0.25) is 0 Å². The number of allylic oxidation sites excluding steroid dienone is 1. The second-order valence-corrected chi connectivity index (χ2v) is 2.92. The molecule has 0 aliphatic carbocycles. The number of thiophene rings is 1. The van der Waals surface area contributed by atoms with E-state index in [0.29, 0.717) is 0 Å². The lowest BCUT2D eigenvalue weighted by molar-refractivity contribution is -0.427. The van der Waals surface area contributed by atoms with Gasteiger partial charge in [-0.05, 0) is 18.0 Å². The lowest BCUT2D eigenvalue weighted by Crippen LogP contribution is -2.72. The van der Waals surface area contributed by atoms with Gasteiger partial charge in [-0.25, -0.2) is 0 Å². The lowest BCUT2D eigenvalue weighted by atomic mass is 10.4. The largest absolute Gasteiger partial charge is 0.267 e. The fraction of sp³-hybridized carbons (Fsp3) is 0. The molecule has 0 saturated carbocycles. The molecule has 9 heavy (non-hydrogen) atoms. The first-order valence-corrected chi connectivity index (χ1v) is 3.62. The van der Waals surface area contributed by atoms with Crippen LogP contribution in [0.4, 0.5) is 0 Å². The average Bonchev–Trinajstić information content (AvgIpc) is 2.22. The molecule has 1 N–H and O–H groups in total. The summed E-state index contributed by atoms with van der Waals surface area (Å²) in [5.41, 5.74) is 0.997. The predicted octanol–water partition coefficient (Wildman–Crippen LogP) is -1.24.